The number of carbonyl (C=O) groups is 1. The topological polar surface area (TPSA) is 98.3 Å². The van der Waals surface area contributed by atoms with Crippen LogP contribution in [-0.2, 0) is 4.79 Å². The van der Waals surface area contributed by atoms with Crippen molar-refractivity contribution in [3.05, 3.63) is 75.3 Å². The van der Waals surface area contributed by atoms with E-state index in [1.807, 2.05) is 30.3 Å². The first-order valence-electron chi connectivity index (χ1n) is 7.73. The second-order valence-corrected chi connectivity index (χ2v) is 5.81. The zero-order chi connectivity index (χ0) is 17.7. The Morgan fingerprint density at radius 1 is 1.20 bits per heavy atom. The summed E-state index contributed by atoms with van der Waals surface area (Å²) in [6, 6.07) is 13.7. The molecule has 2 aromatic carbocycles. The van der Waals surface area contributed by atoms with E-state index in [1.54, 1.807) is 26.0 Å². The van der Waals surface area contributed by atoms with Crippen molar-refractivity contribution in [1.82, 2.24) is 5.32 Å². The highest BCUT2D eigenvalue weighted by Gasteiger charge is 2.17. The summed E-state index contributed by atoms with van der Waals surface area (Å²) in [5, 5.41) is 13.9. The van der Waals surface area contributed by atoms with Gasteiger partial charge in [0.05, 0.1) is 11.0 Å². The molecule has 0 aromatic heterocycles. The van der Waals surface area contributed by atoms with E-state index < -0.39 is 4.92 Å². The van der Waals surface area contributed by atoms with Gasteiger partial charge in [-0.3, -0.25) is 14.9 Å². The average Bonchev–Trinajstić information content (AvgIpc) is 2.55. The molecule has 2 atom stereocenters. The maximum atomic E-state index is 12.2. The molecule has 0 aliphatic heterocycles. The van der Waals surface area contributed by atoms with Crippen LogP contribution < -0.4 is 11.1 Å². The number of halogens is 1. The summed E-state index contributed by atoms with van der Waals surface area (Å²) >= 11 is 0. The summed E-state index contributed by atoms with van der Waals surface area (Å²) < 4.78 is 0. The molecule has 0 heterocycles. The number of aryl methyl sites for hydroxylation is 1. The molecule has 7 heteroatoms. The Hall–Kier alpha value is -2.44. The Balaban J connectivity index is 0.00000312. The molecule has 2 rings (SSSR count). The maximum Gasteiger partial charge on any atom is 0.272 e. The van der Waals surface area contributed by atoms with Crippen molar-refractivity contribution < 1.29 is 9.72 Å². The first kappa shape index (κ1) is 20.6. The number of nitrogens with two attached hydrogens (primary N) is 1. The fourth-order valence-corrected chi connectivity index (χ4v) is 2.49. The van der Waals surface area contributed by atoms with Gasteiger partial charge in [-0.25, -0.2) is 0 Å². The number of nitro benzene ring substituents is 1. The van der Waals surface area contributed by atoms with Gasteiger partial charge in [0.1, 0.15) is 0 Å². The maximum absolute atomic E-state index is 12.2. The molecule has 0 bridgehead atoms. The summed E-state index contributed by atoms with van der Waals surface area (Å²) in [6.45, 7) is 3.48. The van der Waals surface area contributed by atoms with Crippen molar-refractivity contribution in [2.75, 3.05) is 0 Å². The summed E-state index contributed by atoms with van der Waals surface area (Å²) in [5.74, 6) is -0.193. The number of hydrogen-bond acceptors (Lipinski definition) is 4. The van der Waals surface area contributed by atoms with Crippen LogP contribution in [0, 0.1) is 17.0 Å². The SMILES string of the molecule is Cc1ccc(C(C)NC(=O)CC(N)c2ccccc2)cc1[N+](=O)[O-].Cl. The van der Waals surface area contributed by atoms with Crippen molar-refractivity contribution >= 4 is 24.0 Å². The highest BCUT2D eigenvalue weighted by Crippen LogP contribution is 2.23. The molecule has 0 saturated heterocycles. The third kappa shape index (κ3) is 5.55. The molecule has 2 aromatic rings. The monoisotopic (exact) mass is 363 g/mol. The number of nitrogens with one attached hydrogen (secondary N) is 1. The van der Waals surface area contributed by atoms with Gasteiger partial charge in [0, 0.05) is 24.1 Å². The van der Waals surface area contributed by atoms with E-state index in [2.05, 4.69) is 5.32 Å². The van der Waals surface area contributed by atoms with Crippen molar-refractivity contribution in [1.29, 1.82) is 0 Å². The van der Waals surface area contributed by atoms with Crippen molar-refractivity contribution in [2.24, 2.45) is 5.73 Å². The normalized spacial score (nSPS) is 12.6. The number of hydrogen-bond donors (Lipinski definition) is 2. The van der Waals surface area contributed by atoms with Crippen LogP contribution in [0.1, 0.15) is 42.1 Å². The number of rotatable bonds is 6. The number of nitrogens with zero attached hydrogens (tertiary/aromatic N) is 1. The summed E-state index contributed by atoms with van der Waals surface area (Å²) in [5.41, 5.74) is 8.27. The third-order valence-electron chi connectivity index (χ3n) is 3.94. The standard InChI is InChI=1S/C18H21N3O3.ClH/c1-12-8-9-15(10-17(12)21(23)24)13(2)20-18(22)11-16(19)14-6-4-3-5-7-14;/h3-10,13,16H,11,19H2,1-2H3,(H,20,22);1H. The molecule has 0 aliphatic rings. The second-order valence-electron chi connectivity index (χ2n) is 5.81. The number of benzene rings is 2. The van der Waals surface area contributed by atoms with E-state index in [-0.39, 0.29) is 42.5 Å². The molecular weight excluding hydrogens is 342 g/mol. The summed E-state index contributed by atoms with van der Waals surface area (Å²) in [7, 11) is 0. The van der Waals surface area contributed by atoms with Gasteiger partial charge in [0.2, 0.25) is 5.91 Å². The lowest BCUT2D eigenvalue weighted by atomic mass is 10.0. The average molecular weight is 364 g/mol. The number of nitro groups is 1. The Morgan fingerprint density at radius 3 is 2.44 bits per heavy atom. The zero-order valence-corrected chi connectivity index (χ0v) is 15.0. The van der Waals surface area contributed by atoms with Crippen LogP contribution in [0.3, 0.4) is 0 Å². The van der Waals surface area contributed by atoms with E-state index in [0.717, 1.165) is 5.56 Å². The molecule has 1 amide bonds. The van der Waals surface area contributed by atoms with Crippen LogP contribution in [0.15, 0.2) is 48.5 Å². The lowest BCUT2D eigenvalue weighted by molar-refractivity contribution is -0.385. The van der Waals surface area contributed by atoms with Crippen molar-refractivity contribution in [3.8, 4) is 0 Å². The summed E-state index contributed by atoms with van der Waals surface area (Å²) in [6.07, 6.45) is 0.155. The van der Waals surface area contributed by atoms with Gasteiger partial charge in [-0.1, -0.05) is 42.5 Å². The molecule has 0 saturated carbocycles. The number of carbonyl (C=O) groups excluding carboxylic acids is 1. The van der Waals surface area contributed by atoms with Crippen molar-refractivity contribution in [2.45, 2.75) is 32.4 Å². The van der Waals surface area contributed by atoms with E-state index in [0.29, 0.717) is 11.1 Å². The lowest BCUT2D eigenvalue weighted by Crippen LogP contribution is -2.29. The molecule has 0 fully saturated rings. The van der Waals surface area contributed by atoms with Crippen LogP contribution in [0.25, 0.3) is 0 Å². The molecule has 3 N–H and O–H groups in total. The first-order chi connectivity index (χ1) is 11.4. The minimum Gasteiger partial charge on any atom is -0.350 e. The van der Waals surface area contributed by atoms with Gasteiger partial charge in [-0.15, -0.1) is 12.4 Å². The zero-order valence-electron chi connectivity index (χ0n) is 14.1. The minimum atomic E-state index is -0.418. The van der Waals surface area contributed by atoms with E-state index in [1.165, 1.54) is 6.07 Å². The fourth-order valence-electron chi connectivity index (χ4n) is 2.49. The van der Waals surface area contributed by atoms with Gasteiger partial charge in [0.15, 0.2) is 0 Å². The van der Waals surface area contributed by atoms with Crippen LogP contribution >= 0.6 is 12.4 Å². The van der Waals surface area contributed by atoms with Gasteiger partial charge in [-0.2, -0.15) is 0 Å². The highest BCUT2D eigenvalue weighted by molar-refractivity contribution is 5.85. The smallest absolute Gasteiger partial charge is 0.272 e. The predicted octanol–water partition coefficient (Wildman–Crippen LogP) is 3.59. The predicted molar refractivity (Wildman–Crippen MR) is 99.6 cm³/mol. The van der Waals surface area contributed by atoms with E-state index >= 15 is 0 Å². The van der Waals surface area contributed by atoms with Gasteiger partial charge >= 0.3 is 0 Å². The van der Waals surface area contributed by atoms with E-state index in [4.69, 9.17) is 5.73 Å². The molecule has 0 spiro atoms. The lowest BCUT2D eigenvalue weighted by Gasteiger charge is -2.17. The minimum absolute atomic E-state index is 0. The molecular formula is C18H22ClN3O3. The summed E-state index contributed by atoms with van der Waals surface area (Å²) in [4.78, 5) is 22.8. The molecule has 6 nitrogen and oxygen atoms in total. The second kappa shape index (κ2) is 9.15. The molecule has 25 heavy (non-hydrogen) atoms. The largest absolute Gasteiger partial charge is 0.350 e. The van der Waals surface area contributed by atoms with Crippen molar-refractivity contribution in [3.63, 3.8) is 0 Å². The fraction of sp³-hybridized carbons (Fsp3) is 0.278. The number of amides is 1. The van der Waals surface area contributed by atoms with E-state index in [9.17, 15) is 14.9 Å². The molecule has 134 valence electrons. The quantitative estimate of drug-likeness (QED) is 0.605. The van der Waals surface area contributed by atoms with Crippen LogP contribution in [-0.4, -0.2) is 10.8 Å². The van der Waals surface area contributed by atoms with Crippen LogP contribution in [0.4, 0.5) is 5.69 Å². The third-order valence-corrected chi connectivity index (χ3v) is 3.94. The van der Waals surface area contributed by atoms with Crippen LogP contribution in [0.5, 0.6) is 0 Å². The highest BCUT2D eigenvalue weighted by atomic mass is 35.5. The Morgan fingerprint density at radius 2 is 1.84 bits per heavy atom. The van der Waals surface area contributed by atoms with Gasteiger partial charge in [-0.05, 0) is 25.0 Å². The Bertz CT molecular complexity index is 738. The molecule has 0 aliphatic carbocycles. The van der Waals surface area contributed by atoms with Crippen LogP contribution in [0.2, 0.25) is 0 Å². The van der Waals surface area contributed by atoms with Gasteiger partial charge < -0.3 is 11.1 Å². The first-order valence-corrected chi connectivity index (χ1v) is 7.73. The Labute approximate surface area is 153 Å². The Kier molecular flexibility index (Phi) is 7.54. The van der Waals surface area contributed by atoms with Gasteiger partial charge in [0.25, 0.3) is 5.69 Å². The molecule has 0 radical (unpaired) electrons. The molecule has 2 unspecified atom stereocenters.